The Morgan fingerprint density at radius 1 is 1.47 bits per heavy atom. The number of nitrogens with zero attached hydrogens (tertiary/aromatic N) is 3. The number of carbonyl (C=O) groups is 1. The van der Waals surface area contributed by atoms with Crippen LogP contribution in [0, 0.1) is 0 Å². The van der Waals surface area contributed by atoms with Gasteiger partial charge in [0.1, 0.15) is 11.7 Å². The van der Waals surface area contributed by atoms with Crippen LogP contribution < -0.4 is 4.90 Å². The first kappa shape index (κ1) is 11.8. The Bertz CT molecular complexity index is 621. The molecule has 1 aromatic carbocycles. The number of rotatable bonds is 3. The van der Waals surface area contributed by atoms with Gasteiger partial charge >= 0.3 is 5.97 Å². The summed E-state index contributed by atoms with van der Waals surface area (Å²) < 4.78 is 1.96. The Morgan fingerprint density at radius 3 is 2.95 bits per heavy atom. The Labute approximate surface area is 111 Å². The van der Waals surface area contributed by atoms with E-state index in [0.717, 1.165) is 17.1 Å². The van der Waals surface area contributed by atoms with Crippen LogP contribution in [0.4, 0.5) is 5.69 Å². The molecule has 2 aromatic rings. The van der Waals surface area contributed by atoms with E-state index in [1.165, 1.54) is 0 Å². The molecule has 0 radical (unpaired) electrons. The molecule has 0 amide bonds. The summed E-state index contributed by atoms with van der Waals surface area (Å²) in [6.45, 7) is 1.13. The van der Waals surface area contributed by atoms with Crippen LogP contribution in [0.1, 0.15) is 17.3 Å². The summed E-state index contributed by atoms with van der Waals surface area (Å²) in [5.74, 6) is -0.285. The van der Waals surface area contributed by atoms with Crippen molar-refractivity contribution in [1.82, 2.24) is 9.55 Å². The third kappa shape index (κ3) is 1.97. The van der Waals surface area contributed by atoms with E-state index in [2.05, 4.69) is 9.88 Å². The minimum absolute atomic E-state index is 0.448. The number of anilines is 1. The molecule has 3 rings (SSSR count). The normalized spacial score (nSPS) is 17.5. The number of imidazole rings is 1. The maximum atomic E-state index is 11.3. The molecule has 1 unspecified atom stereocenters. The number of hydrogen-bond donors (Lipinski definition) is 1. The van der Waals surface area contributed by atoms with Crippen molar-refractivity contribution in [3.8, 4) is 0 Å². The van der Waals surface area contributed by atoms with Crippen LogP contribution in [-0.2, 0) is 18.4 Å². The minimum Gasteiger partial charge on any atom is -0.481 e. The Hall–Kier alpha value is -2.30. The highest BCUT2D eigenvalue weighted by Crippen LogP contribution is 2.36. The summed E-state index contributed by atoms with van der Waals surface area (Å²) in [5, 5.41) is 9.31. The second-order valence-electron chi connectivity index (χ2n) is 4.78. The molecule has 0 saturated heterocycles. The number of aromatic nitrogens is 2. The number of aliphatic carboxylic acids is 1. The van der Waals surface area contributed by atoms with Crippen LogP contribution in [0.5, 0.6) is 0 Å². The Balaban J connectivity index is 1.93. The highest BCUT2D eigenvalue weighted by molar-refractivity contribution is 5.82. The zero-order valence-electron chi connectivity index (χ0n) is 10.7. The quantitative estimate of drug-likeness (QED) is 0.907. The second kappa shape index (κ2) is 4.42. The van der Waals surface area contributed by atoms with Crippen molar-refractivity contribution in [2.45, 2.75) is 12.5 Å². The molecule has 0 bridgehead atoms. The molecule has 0 spiro atoms. The molecule has 0 fully saturated rings. The molecular weight excluding hydrogens is 242 g/mol. The number of benzene rings is 1. The fraction of sp³-hybridized carbons (Fsp3) is 0.286. The predicted octanol–water partition coefficient (Wildman–Crippen LogP) is 1.61. The van der Waals surface area contributed by atoms with Gasteiger partial charge < -0.3 is 14.6 Å². The summed E-state index contributed by atoms with van der Waals surface area (Å²) in [5.41, 5.74) is 1.89. The molecule has 1 aromatic heterocycles. The van der Waals surface area contributed by atoms with E-state index >= 15 is 0 Å². The summed E-state index contributed by atoms with van der Waals surface area (Å²) in [6.07, 6.45) is 3.65. The number of carboxylic acids is 1. The molecule has 0 saturated carbocycles. The first-order chi connectivity index (χ1) is 9.16. The molecule has 1 atom stereocenters. The lowest BCUT2D eigenvalue weighted by Crippen LogP contribution is -2.25. The van der Waals surface area contributed by atoms with Crippen molar-refractivity contribution < 1.29 is 9.90 Å². The second-order valence-corrected chi connectivity index (χ2v) is 4.78. The number of para-hydroxylation sites is 1. The lowest BCUT2D eigenvalue weighted by molar-refractivity contribution is -0.138. The maximum Gasteiger partial charge on any atom is 0.312 e. The van der Waals surface area contributed by atoms with Crippen molar-refractivity contribution in [2.75, 3.05) is 11.4 Å². The number of hydrogen-bond acceptors (Lipinski definition) is 3. The zero-order chi connectivity index (χ0) is 13.4. The number of fused-ring (bicyclic) bond motifs is 1. The molecule has 0 aliphatic carbocycles. The van der Waals surface area contributed by atoms with Gasteiger partial charge in [-0.3, -0.25) is 4.79 Å². The minimum atomic E-state index is -0.769. The van der Waals surface area contributed by atoms with Crippen LogP contribution in [0.2, 0.25) is 0 Å². The van der Waals surface area contributed by atoms with Crippen LogP contribution in [0.25, 0.3) is 0 Å². The smallest absolute Gasteiger partial charge is 0.312 e. The fourth-order valence-corrected chi connectivity index (χ4v) is 2.57. The van der Waals surface area contributed by atoms with E-state index in [4.69, 9.17) is 0 Å². The van der Waals surface area contributed by atoms with Gasteiger partial charge in [0, 0.05) is 31.7 Å². The van der Waals surface area contributed by atoms with Gasteiger partial charge in [0.25, 0.3) is 0 Å². The predicted molar refractivity (Wildman–Crippen MR) is 71.1 cm³/mol. The summed E-state index contributed by atoms with van der Waals surface area (Å²) in [4.78, 5) is 17.7. The van der Waals surface area contributed by atoms with Gasteiger partial charge in [0.2, 0.25) is 0 Å². The van der Waals surface area contributed by atoms with Crippen molar-refractivity contribution in [1.29, 1.82) is 0 Å². The third-order valence-corrected chi connectivity index (χ3v) is 3.61. The first-order valence-electron chi connectivity index (χ1n) is 6.19. The Kier molecular flexibility index (Phi) is 2.74. The lowest BCUT2D eigenvalue weighted by Gasteiger charge is -2.19. The summed E-state index contributed by atoms with van der Waals surface area (Å²) in [7, 11) is 1.94. The highest BCUT2D eigenvalue weighted by Gasteiger charge is 2.33. The SMILES string of the molecule is Cn1ccnc1CN1CC(C(=O)O)c2ccccc21. The van der Waals surface area contributed by atoms with E-state index in [-0.39, 0.29) is 0 Å². The maximum absolute atomic E-state index is 11.3. The fourth-order valence-electron chi connectivity index (χ4n) is 2.57. The Morgan fingerprint density at radius 2 is 2.26 bits per heavy atom. The van der Waals surface area contributed by atoms with E-state index in [1.54, 1.807) is 6.20 Å². The van der Waals surface area contributed by atoms with Crippen LogP contribution in [0.3, 0.4) is 0 Å². The van der Waals surface area contributed by atoms with Crippen molar-refractivity contribution in [3.63, 3.8) is 0 Å². The van der Waals surface area contributed by atoms with Crippen LogP contribution in [-0.4, -0.2) is 27.2 Å². The summed E-state index contributed by atoms with van der Waals surface area (Å²) >= 11 is 0. The zero-order valence-corrected chi connectivity index (χ0v) is 10.7. The van der Waals surface area contributed by atoms with E-state index in [0.29, 0.717) is 13.1 Å². The summed E-state index contributed by atoms with van der Waals surface area (Å²) in [6, 6.07) is 7.70. The van der Waals surface area contributed by atoms with Gasteiger partial charge in [-0.2, -0.15) is 0 Å². The topological polar surface area (TPSA) is 58.4 Å². The molecule has 5 heteroatoms. The van der Waals surface area contributed by atoms with Gasteiger partial charge in [-0.15, -0.1) is 0 Å². The number of aryl methyl sites for hydroxylation is 1. The highest BCUT2D eigenvalue weighted by atomic mass is 16.4. The van der Waals surface area contributed by atoms with Gasteiger partial charge in [-0.1, -0.05) is 18.2 Å². The number of carboxylic acid groups (broad SMARTS) is 1. The third-order valence-electron chi connectivity index (χ3n) is 3.61. The molecule has 2 heterocycles. The van der Waals surface area contributed by atoms with Crippen molar-refractivity contribution in [3.05, 3.63) is 48.0 Å². The van der Waals surface area contributed by atoms with E-state index in [9.17, 15) is 9.90 Å². The first-order valence-corrected chi connectivity index (χ1v) is 6.19. The van der Waals surface area contributed by atoms with Crippen molar-refractivity contribution >= 4 is 11.7 Å². The van der Waals surface area contributed by atoms with Crippen molar-refractivity contribution in [2.24, 2.45) is 7.05 Å². The molecule has 5 nitrogen and oxygen atoms in total. The van der Waals surface area contributed by atoms with Gasteiger partial charge in [0.15, 0.2) is 0 Å². The monoisotopic (exact) mass is 257 g/mol. The van der Waals surface area contributed by atoms with Crippen LogP contribution in [0.15, 0.2) is 36.7 Å². The molecular formula is C14H15N3O2. The average molecular weight is 257 g/mol. The van der Waals surface area contributed by atoms with Gasteiger partial charge in [-0.25, -0.2) is 4.98 Å². The lowest BCUT2D eigenvalue weighted by atomic mass is 10.0. The molecule has 1 aliphatic rings. The van der Waals surface area contributed by atoms with Gasteiger partial charge in [0.05, 0.1) is 6.54 Å². The molecule has 98 valence electrons. The standard InChI is InChI=1S/C14H15N3O2/c1-16-7-6-15-13(16)9-17-8-11(14(18)19)10-4-2-3-5-12(10)17/h2-7,11H,8-9H2,1H3,(H,18,19). The largest absolute Gasteiger partial charge is 0.481 e. The molecule has 1 aliphatic heterocycles. The van der Waals surface area contributed by atoms with Crippen LogP contribution >= 0.6 is 0 Å². The van der Waals surface area contributed by atoms with E-state index < -0.39 is 11.9 Å². The molecule has 1 N–H and O–H groups in total. The average Bonchev–Trinajstić information content (AvgIpc) is 2.96. The molecule has 19 heavy (non-hydrogen) atoms. The van der Waals surface area contributed by atoms with E-state index in [1.807, 2.05) is 42.1 Å². The van der Waals surface area contributed by atoms with Gasteiger partial charge in [-0.05, 0) is 11.6 Å².